The third-order valence-electron chi connectivity index (χ3n) is 4.02. The van der Waals surface area contributed by atoms with E-state index in [-0.39, 0.29) is 5.97 Å². The van der Waals surface area contributed by atoms with Crippen LogP contribution in [0.5, 0.6) is 0 Å². The SMILES string of the molecule is COC(=O)C(C)(C)C#C/C=C/CN(C)Cc1cccc2ccccc12. The van der Waals surface area contributed by atoms with E-state index in [1.807, 2.05) is 6.08 Å². The summed E-state index contributed by atoms with van der Waals surface area (Å²) >= 11 is 0. The minimum absolute atomic E-state index is 0.318. The van der Waals surface area contributed by atoms with Gasteiger partial charge in [0.25, 0.3) is 0 Å². The minimum Gasteiger partial charge on any atom is -0.468 e. The van der Waals surface area contributed by atoms with Gasteiger partial charge in [0.2, 0.25) is 0 Å². The highest BCUT2D eigenvalue weighted by Crippen LogP contribution is 2.19. The van der Waals surface area contributed by atoms with Gasteiger partial charge in [-0.15, -0.1) is 0 Å². The maximum Gasteiger partial charge on any atom is 0.323 e. The van der Waals surface area contributed by atoms with Gasteiger partial charge < -0.3 is 4.74 Å². The summed E-state index contributed by atoms with van der Waals surface area (Å²) in [5.74, 6) is 5.54. The van der Waals surface area contributed by atoms with Crippen LogP contribution in [0.2, 0.25) is 0 Å². The second-order valence-corrected chi connectivity index (χ2v) is 6.62. The van der Waals surface area contributed by atoms with Crippen LogP contribution < -0.4 is 0 Å². The molecule has 0 aromatic heterocycles. The first kappa shape index (κ1) is 18.8. The molecule has 0 amide bonds. The Bertz CT molecular complexity index is 819. The Labute approximate surface area is 150 Å². The second kappa shape index (κ2) is 8.50. The van der Waals surface area contributed by atoms with E-state index < -0.39 is 5.41 Å². The Morgan fingerprint density at radius 2 is 1.92 bits per heavy atom. The topological polar surface area (TPSA) is 29.5 Å². The van der Waals surface area contributed by atoms with E-state index >= 15 is 0 Å². The van der Waals surface area contributed by atoms with Crippen molar-refractivity contribution in [1.29, 1.82) is 0 Å². The lowest BCUT2D eigenvalue weighted by molar-refractivity contribution is -0.147. The number of hydrogen-bond donors (Lipinski definition) is 0. The number of esters is 1. The highest BCUT2D eigenvalue weighted by molar-refractivity contribution is 5.85. The fourth-order valence-corrected chi connectivity index (χ4v) is 2.61. The zero-order chi connectivity index (χ0) is 18.3. The second-order valence-electron chi connectivity index (χ2n) is 6.62. The van der Waals surface area contributed by atoms with Crippen LogP contribution in [-0.4, -0.2) is 31.6 Å². The van der Waals surface area contributed by atoms with Gasteiger partial charge in [0.15, 0.2) is 0 Å². The zero-order valence-corrected chi connectivity index (χ0v) is 15.4. The number of hydrogen-bond acceptors (Lipinski definition) is 3. The molecule has 0 radical (unpaired) electrons. The van der Waals surface area contributed by atoms with Crippen LogP contribution in [-0.2, 0) is 16.1 Å². The zero-order valence-electron chi connectivity index (χ0n) is 15.4. The molecular weight excluding hydrogens is 310 g/mol. The average molecular weight is 335 g/mol. The largest absolute Gasteiger partial charge is 0.468 e. The van der Waals surface area contributed by atoms with Crippen LogP contribution >= 0.6 is 0 Å². The molecule has 0 saturated heterocycles. The fraction of sp³-hybridized carbons (Fsp3) is 0.318. The molecule has 0 saturated carbocycles. The molecular formula is C22H25NO2. The number of nitrogens with zero attached hydrogens (tertiary/aromatic N) is 1. The predicted octanol–water partition coefficient (Wildman–Crippen LogP) is 4.03. The van der Waals surface area contributed by atoms with Crippen LogP contribution in [0.1, 0.15) is 19.4 Å². The number of methoxy groups -OCH3 is 1. The first-order valence-electron chi connectivity index (χ1n) is 8.35. The van der Waals surface area contributed by atoms with E-state index in [0.717, 1.165) is 13.1 Å². The van der Waals surface area contributed by atoms with E-state index in [1.54, 1.807) is 19.9 Å². The molecule has 0 heterocycles. The van der Waals surface area contributed by atoms with Crippen molar-refractivity contribution >= 4 is 16.7 Å². The Morgan fingerprint density at radius 1 is 1.20 bits per heavy atom. The van der Waals surface area contributed by atoms with Gasteiger partial charge in [-0.1, -0.05) is 60.4 Å². The van der Waals surface area contributed by atoms with E-state index in [0.29, 0.717) is 0 Å². The van der Waals surface area contributed by atoms with Gasteiger partial charge in [0.1, 0.15) is 5.41 Å². The van der Waals surface area contributed by atoms with Gasteiger partial charge in [0.05, 0.1) is 7.11 Å². The third kappa shape index (κ3) is 5.20. The van der Waals surface area contributed by atoms with Gasteiger partial charge in [-0.25, -0.2) is 0 Å². The summed E-state index contributed by atoms with van der Waals surface area (Å²) in [6.07, 6.45) is 3.80. The molecule has 2 aromatic rings. The lowest BCUT2D eigenvalue weighted by atomic mass is 9.95. The van der Waals surface area contributed by atoms with Crippen LogP contribution in [0.3, 0.4) is 0 Å². The van der Waals surface area contributed by atoms with Crippen molar-refractivity contribution in [3.8, 4) is 11.8 Å². The smallest absolute Gasteiger partial charge is 0.323 e. The molecule has 0 unspecified atom stereocenters. The summed E-state index contributed by atoms with van der Waals surface area (Å²) in [5, 5.41) is 2.56. The summed E-state index contributed by atoms with van der Waals surface area (Å²) in [6, 6.07) is 14.8. The molecule has 3 nitrogen and oxygen atoms in total. The van der Waals surface area contributed by atoms with Crippen LogP contribution in [0.15, 0.2) is 54.6 Å². The monoisotopic (exact) mass is 335 g/mol. The van der Waals surface area contributed by atoms with Crippen molar-refractivity contribution in [3.63, 3.8) is 0 Å². The molecule has 0 bridgehead atoms. The van der Waals surface area contributed by atoms with Crippen molar-refractivity contribution in [1.82, 2.24) is 4.90 Å². The molecule has 3 heteroatoms. The van der Waals surface area contributed by atoms with E-state index in [4.69, 9.17) is 4.74 Å². The lowest BCUT2D eigenvalue weighted by Gasteiger charge is -2.16. The summed E-state index contributed by atoms with van der Waals surface area (Å²) in [6.45, 7) is 5.17. The Morgan fingerprint density at radius 3 is 2.68 bits per heavy atom. The molecule has 130 valence electrons. The highest BCUT2D eigenvalue weighted by Gasteiger charge is 2.25. The van der Waals surface area contributed by atoms with Crippen LogP contribution in [0, 0.1) is 17.3 Å². The molecule has 0 spiro atoms. The van der Waals surface area contributed by atoms with Gasteiger partial charge in [-0.2, -0.15) is 0 Å². The molecule has 0 fully saturated rings. The molecule has 0 N–H and O–H groups in total. The quantitative estimate of drug-likeness (QED) is 0.610. The van der Waals surface area contributed by atoms with Gasteiger partial charge in [-0.3, -0.25) is 9.69 Å². The van der Waals surface area contributed by atoms with E-state index in [9.17, 15) is 4.79 Å². The number of fused-ring (bicyclic) bond motifs is 1. The first-order chi connectivity index (χ1) is 11.9. The molecule has 0 aliphatic heterocycles. The number of carbonyl (C=O) groups is 1. The average Bonchev–Trinajstić information content (AvgIpc) is 2.61. The molecule has 0 aliphatic carbocycles. The number of ether oxygens (including phenoxy) is 1. The minimum atomic E-state index is -0.784. The van der Waals surface area contributed by atoms with Gasteiger partial charge in [-0.05, 0) is 43.3 Å². The van der Waals surface area contributed by atoms with E-state index in [2.05, 4.69) is 66.3 Å². The summed E-state index contributed by atoms with van der Waals surface area (Å²) in [5.41, 5.74) is 0.528. The molecule has 2 aromatic carbocycles. The number of carbonyl (C=O) groups excluding carboxylic acids is 1. The maximum absolute atomic E-state index is 11.6. The molecule has 0 atom stereocenters. The third-order valence-corrected chi connectivity index (χ3v) is 4.02. The highest BCUT2D eigenvalue weighted by atomic mass is 16.5. The first-order valence-corrected chi connectivity index (χ1v) is 8.35. The standard InChI is InChI=1S/C22H25NO2/c1-22(2,21(24)25-4)15-8-5-9-16-23(3)17-19-13-10-12-18-11-6-7-14-20(18)19/h5-7,9-14H,16-17H2,1-4H3/b9-5+. The lowest BCUT2D eigenvalue weighted by Crippen LogP contribution is -2.23. The van der Waals surface area contributed by atoms with Crippen molar-refractivity contribution in [2.24, 2.45) is 5.41 Å². The summed E-state index contributed by atoms with van der Waals surface area (Å²) < 4.78 is 4.74. The van der Waals surface area contributed by atoms with Gasteiger partial charge >= 0.3 is 5.97 Å². The number of likely N-dealkylation sites (N-methyl/N-ethyl adjacent to an activating group) is 1. The fourth-order valence-electron chi connectivity index (χ4n) is 2.61. The normalized spacial score (nSPS) is 11.6. The molecule has 25 heavy (non-hydrogen) atoms. The summed E-state index contributed by atoms with van der Waals surface area (Å²) in [4.78, 5) is 13.8. The van der Waals surface area contributed by atoms with Crippen LogP contribution in [0.4, 0.5) is 0 Å². The van der Waals surface area contributed by atoms with Crippen LogP contribution in [0.25, 0.3) is 10.8 Å². The van der Waals surface area contributed by atoms with Crippen molar-refractivity contribution in [3.05, 3.63) is 60.2 Å². The van der Waals surface area contributed by atoms with E-state index in [1.165, 1.54) is 23.4 Å². The molecule has 0 aliphatic rings. The van der Waals surface area contributed by atoms with Crippen molar-refractivity contribution in [2.75, 3.05) is 20.7 Å². The molecule has 2 rings (SSSR count). The number of allylic oxidation sites excluding steroid dienone is 1. The Balaban J connectivity index is 1.95. The Kier molecular flexibility index (Phi) is 6.38. The number of rotatable bonds is 5. The van der Waals surface area contributed by atoms with Gasteiger partial charge in [0, 0.05) is 13.1 Å². The Hall–Kier alpha value is -2.57. The maximum atomic E-state index is 11.6. The van der Waals surface area contributed by atoms with Crippen molar-refractivity contribution in [2.45, 2.75) is 20.4 Å². The number of benzene rings is 2. The summed E-state index contributed by atoms with van der Waals surface area (Å²) in [7, 11) is 3.46. The van der Waals surface area contributed by atoms with Crippen molar-refractivity contribution < 1.29 is 9.53 Å². The predicted molar refractivity (Wildman–Crippen MR) is 103 cm³/mol.